The molecule has 1 fully saturated rings. The Morgan fingerprint density at radius 3 is 2.79 bits per heavy atom. The maximum atomic E-state index is 12.7. The lowest BCUT2D eigenvalue weighted by Gasteiger charge is -2.17. The van der Waals surface area contributed by atoms with Gasteiger partial charge in [0.05, 0.1) is 5.69 Å². The summed E-state index contributed by atoms with van der Waals surface area (Å²) in [5.41, 5.74) is 0.0224. The summed E-state index contributed by atoms with van der Waals surface area (Å²) >= 11 is 3.35. The van der Waals surface area contributed by atoms with E-state index in [9.17, 15) is 13.2 Å². The topological polar surface area (TPSA) is 53.9 Å². The van der Waals surface area contributed by atoms with Crippen molar-refractivity contribution in [1.82, 2.24) is 19.9 Å². The molecule has 5 nitrogen and oxygen atoms in total. The SMILES string of the molecule is FC(F)(F)c1cc(NC2CCN(Cc3ccc(Br)cn3)C2)ncn1. The molecule has 1 N–H and O–H groups in total. The molecule has 0 aromatic carbocycles. The van der Waals surface area contributed by atoms with Gasteiger partial charge in [0, 0.05) is 42.4 Å². The minimum atomic E-state index is -4.46. The third-order valence-corrected chi connectivity index (χ3v) is 4.23. The van der Waals surface area contributed by atoms with Crippen molar-refractivity contribution in [3.8, 4) is 0 Å². The predicted molar refractivity (Wildman–Crippen MR) is 86.3 cm³/mol. The number of hydrogen-bond acceptors (Lipinski definition) is 5. The van der Waals surface area contributed by atoms with Crippen LogP contribution in [0.1, 0.15) is 17.8 Å². The van der Waals surface area contributed by atoms with Gasteiger partial charge in [-0.1, -0.05) is 0 Å². The van der Waals surface area contributed by atoms with Crippen molar-refractivity contribution in [2.75, 3.05) is 18.4 Å². The minimum Gasteiger partial charge on any atom is -0.366 e. The van der Waals surface area contributed by atoms with Gasteiger partial charge in [-0.25, -0.2) is 9.97 Å². The highest BCUT2D eigenvalue weighted by Crippen LogP contribution is 2.28. The normalized spacial score (nSPS) is 18.8. The molecule has 0 amide bonds. The first-order valence-electron chi connectivity index (χ1n) is 7.39. The third kappa shape index (κ3) is 4.41. The molecule has 3 heterocycles. The van der Waals surface area contributed by atoms with Crippen molar-refractivity contribution < 1.29 is 13.2 Å². The van der Waals surface area contributed by atoms with E-state index < -0.39 is 11.9 Å². The lowest BCUT2D eigenvalue weighted by molar-refractivity contribution is -0.141. The second-order valence-corrected chi connectivity index (χ2v) is 6.53. The number of halogens is 4. The van der Waals surface area contributed by atoms with Crippen LogP contribution >= 0.6 is 15.9 Å². The van der Waals surface area contributed by atoms with Gasteiger partial charge in [0.15, 0.2) is 0 Å². The maximum Gasteiger partial charge on any atom is 0.433 e. The Bertz CT molecular complexity index is 692. The number of aromatic nitrogens is 3. The number of alkyl halides is 3. The molecule has 1 aliphatic rings. The molecular weight excluding hydrogens is 387 g/mol. The summed E-state index contributed by atoms with van der Waals surface area (Å²) in [6.45, 7) is 2.29. The maximum absolute atomic E-state index is 12.7. The number of nitrogens with one attached hydrogen (secondary N) is 1. The van der Waals surface area contributed by atoms with Crippen LogP contribution in [-0.2, 0) is 12.7 Å². The van der Waals surface area contributed by atoms with Crippen LogP contribution in [0.3, 0.4) is 0 Å². The molecule has 1 aliphatic heterocycles. The number of hydrogen-bond donors (Lipinski definition) is 1. The summed E-state index contributed by atoms with van der Waals surface area (Å²) in [7, 11) is 0. The van der Waals surface area contributed by atoms with Gasteiger partial charge in [-0.3, -0.25) is 9.88 Å². The molecule has 3 rings (SSSR count). The molecule has 2 aromatic rings. The fraction of sp³-hybridized carbons (Fsp3) is 0.400. The second-order valence-electron chi connectivity index (χ2n) is 5.62. The first kappa shape index (κ1) is 17.1. The molecule has 1 saturated heterocycles. The lowest BCUT2D eigenvalue weighted by atomic mass is 10.2. The molecule has 9 heteroatoms. The van der Waals surface area contributed by atoms with Gasteiger partial charge in [-0.05, 0) is 34.5 Å². The van der Waals surface area contributed by atoms with Crippen molar-refractivity contribution in [3.05, 3.63) is 46.6 Å². The van der Waals surface area contributed by atoms with Crippen LogP contribution in [0.2, 0.25) is 0 Å². The van der Waals surface area contributed by atoms with Gasteiger partial charge in [-0.2, -0.15) is 13.2 Å². The fourth-order valence-corrected chi connectivity index (χ4v) is 2.86. The van der Waals surface area contributed by atoms with Gasteiger partial charge in [0.2, 0.25) is 0 Å². The molecule has 0 bridgehead atoms. The van der Waals surface area contributed by atoms with Gasteiger partial charge in [0.1, 0.15) is 17.8 Å². The van der Waals surface area contributed by atoms with Crippen LogP contribution < -0.4 is 5.32 Å². The Balaban J connectivity index is 1.57. The second kappa shape index (κ2) is 7.02. The Labute approximate surface area is 145 Å². The molecule has 128 valence electrons. The molecule has 2 aromatic heterocycles. The lowest BCUT2D eigenvalue weighted by Crippen LogP contribution is -2.26. The standard InChI is InChI=1S/C15H15BrF3N5/c16-10-1-2-11(20-6-10)7-24-4-3-12(8-24)23-14-5-13(15(17,18)19)21-9-22-14/h1-2,5-6,9,12H,3-4,7-8H2,(H,21,22,23). The van der Waals surface area contributed by atoms with Crippen LogP contribution in [0, 0.1) is 0 Å². The Kier molecular flexibility index (Phi) is 5.00. The van der Waals surface area contributed by atoms with Crippen molar-refractivity contribution in [3.63, 3.8) is 0 Å². The number of likely N-dealkylation sites (tertiary alicyclic amines) is 1. The average molecular weight is 402 g/mol. The molecule has 1 unspecified atom stereocenters. The van der Waals surface area contributed by atoms with Crippen LogP contribution in [0.5, 0.6) is 0 Å². The Hall–Kier alpha value is -1.74. The molecule has 0 radical (unpaired) electrons. The van der Waals surface area contributed by atoms with Gasteiger partial charge >= 0.3 is 6.18 Å². The summed E-state index contributed by atoms with van der Waals surface area (Å²) in [6.07, 6.45) is -0.944. The predicted octanol–water partition coefficient (Wildman–Crippen LogP) is 3.34. The first-order chi connectivity index (χ1) is 11.4. The zero-order valence-corrected chi connectivity index (χ0v) is 14.2. The molecule has 1 atom stereocenters. The van der Waals surface area contributed by atoms with E-state index in [0.717, 1.165) is 42.1 Å². The van der Waals surface area contributed by atoms with Crippen molar-refractivity contribution >= 4 is 21.7 Å². The summed E-state index contributed by atoms with van der Waals surface area (Å²) in [4.78, 5) is 13.7. The molecule has 24 heavy (non-hydrogen) atoms. The van der Waals surface area contributed by atoms with Gasteiger partial charge in [-0.15, -0.1) is 0 Å². The van der Waals surface area contributed by atoms with Crippen molar-refractivity contribution in [2.45, 2.75) is 25.2 Å². The van der Waals surface area contributed by atoms with Crippen LogP contribution in [0.25, 0.3) is 0 Å². The van der Waals surface area contributed by atoms with E-state index >= 15 is 0 Å². The first-order valence-corrected chi connectivity index (χ1v) is 8.18. The zero-order chi connectivity index (χ0) is 17.2. The largest absolute Gasteiger partial charge is 0.433 e. The monoisotopic (exact) mass is 401 g/mol. The van der Waals surface area contributed by atoms with Crippen molar-refractivity contribution in [1.29, 1.82) is 0 Å². The van der Waals surface area contributed by atoms with Crippen LogP contribution in [-0.4, -0.2) is 39.0 Å². The van der Waals surface area contributed by atoms with Gasteiger partial charge < -0.3 is 5.32 Å². The third-order valence-electron chi connectivity index (χ3n) is 3.76. The average Bonchev–Trinajstić information content (AvgIpc) is 2.96. The van der Waals surface area contributed by atoms with E-state index in [1.54, 1.807) is 6.20 Å². The highest BCUT2D eigenvalue weighted by molar-refractivity contribution is 9.10. The van der Waals surface area contributed by atoms with Crippen LogP contribution in [0.15, 0.2) is 35.2 Å². The van der Waals surface area contributed by atoms with E-state index in [-0.39, 0.29) is 11.9 Å². The molecule has 0 saturated carbocycles. The van der Waals surface area contributed by atoms with E-state index in [0.29, 0.717) is 6.54 Å². The summed E-state index contributed by atoms with van der Waals surface area (Å²) in [5.74, 6) is 0.200. The molecule has 0 aliphatic carbocycles. The van der Waals surface area contributed by atoms with E-state index in [1.165, 1.54) is 0 Å². The molecular formula is C15H15BrF3N5. The van der Waals surface area contributed by atoms with Crippen LogP contribution in [0.4, 0.5) is 19.0 Å². The van der Waals surface area contributed by atoms with Crippen molar-refractivity contribution in [2.24, 2.45) is 0 Å². The summed E-state index contributed by atoms with van der Waals surface area (Å²) in [6, 6.07) is 4.88. The summed E-state index contributed by atoms with van der Waals surface area (Å²) in [5, 5.41) is 3.06. The number of anilines is 1. The number of rotatable bonds is 4. The number of nitrogens with zero attached hydrogens (tertiary/aromatic N) is 4. The Morgan fingerprint density at radius 1 is 1.25 bits per heavy atom. The van der Waals surface area contributed by atoms with Gasteiger partial charge in [0.25, 0.3) is 0 Å². The Morgan fingerprint density at radius 2 is 2.08 bits per heavy atom. The van der Waals surface area contributed by atoms with E-state index in [1.807, 2.05) is 12.1 Å². The highest BCUT2D eigenvalue weighted by Gasteiger charge is 2.33. The fourth-order valence-electron chi connectivity index (χ4n) is 2.62. The highest BCUT2D eigenvalue weighted by atomic mass is 79.9. The molecule has 0 spiro atoms. The minimum absolute atomic E-state index is 0.0523. The smallest absolute Gasteiger partial charge is 0.366 e. The zero-order valence-electron chi connectivity index (χ0n) is 12.6. The quantitative estimate of drug-likeness (QED) is 0.851. The van der Waals surface area contributed by atoms with E-state index in [2.05, 4.69) is 41.1 Å². The number of pyridine rings is 1. The summed E-state index contributed by atoms with van der Waals surface area (Å²) < 4.78 is 39.0. The van der Waals surface area contributed by atoms with E-state index in [4.69, 9.17) is 0 Å².